The number of carbonyl (C=O) groups is 1. The van der Waals surface area contributed by atoms with E-state index in [0.29, 0.717) is 33.6 Å². The molecular weight excluding hydrogens is 520 g/mol. The Morgan fingerprint density at radius 1 is 1.21 bits per heavy atom. The minimum atomic E-state index is -0.346. The fraction of sp³-hybridized carbons (Fsp3) is 0.0800. The molecule has 9 heteroatoms. The van der Waals surface area contributed by atoms with Gasteiger partial charge in [-0.3, -0.25) is 4.79 Å². The van der Waals surface area contributed by atoms with Crippen LogP contribution in [-0.2, 0) is 4.79 Å². The van der Waals surface area contributed by atoms with Gasteiger partial charge in [0.2, 0.25) is 0 Å². The molecule has 0 atom stereocenters. The number of amides is 1. The van der Waals surface area contributed by atoms with E-state index in [1.54, 1.807) is 42.5 Å². The number of carbonyl (C=O) groups excluding carboxylic acids is 1. The normalized spacial score (nSPS) is 11.2. The summed E-state index contributed by atoms with van der Waals surface area (Å²) in [6, 6.07) is 20.0. The van der Waals surface area contributed by atoms with Crippen molar-refractivity contribution in [3.8, 4) is 17.6 Å². The van der Waals surface area contributed by atoms with Gasteiger partial charge in [-0.05, 0) is 70.0 Å². The largest absolute Gasteiger partial charge is 0.493 e. The Morgan fingerprint density at radius 3 is 2.76 bits per heavy atom. The van der Waals surface area contributed by atoms with E-state index < -0.39 is 0 Å². The average molecular weight is 538 g/mol. The molecule has 34 heavy (non-hydrogen) atoms. The second-order valence-electron chi connectivity index (χ2n) is 7.15. The van der Waals surface area contributed by atoms with Crippen LogP contribution in [0.1, 0.15) is 11.4 Å². The van der Waals surface area contributed by atoms with Gasteiger partial charge in [0.25, 0.3) is 5.91 Å². The summed E-state index contributed by atoms with van der Waals surface area (Å²) in [4.78, 5) is 19.9. The lowest BCUT2D eigenvalue weighted by molar-refractivity contribution is -0.118. The number of hydrogen-bond donors (Lipinski definition) is 2. The number of H-pyrrole nitrogens is 1. The van der Waals surface area contributed by atoms with Crippen LogP contribution in [0.5, 0.6) is 11.5 Å². The van der Waals surface area contributed by atoms with Gasteiger partial charge in [-0.1, -0.05) is 29.8 Å². The number of benzene rings is 3. The molecule has 0 aliphatic carbocycles. The van der Waals surface area contributed by atoms with Crippen LogP contribution in [0, 0.1) is 11.3 Å². The molecule has 0 radical (unpaired) electrons. The Labute approximate surface area is 209 Å². The predicted molar refractivity (Wildman–Crippen MR) is 136 cm³/mol. The molecule has 3 aromatic carbocycles. The molecule has 0 fully saturated rings. The van der Waals surface area contributed by atoms with Crippen molar-refractivity contribution in [1.29, 1.82) is 5.26 Å². The summed E-state index contributed by atoms with van der Waals surface area (Å²) < 4.78 is 11.8. The van der Waals surface area contributed by atoms with Gasteiger partial charge < -0.3 is 19.8 Å². The number of allylic oxidation sites excluding steroid dienone is 1. The molecule has 7 nitrogen and oxygen atoms in total. The molecule has 0 saturated carbocycles. The number of hydrogen-bond acceptors (Lipinski definition) is 5. The molecule has 170 valence electrons. The number of ether oxygens (including phenoxy) is 2. The van der Waals surface area contributed by atoms with E-state index in [9.17, 15) is 10.1 Å². The van der Waals surface area contributed by atoms with Crippen LogP contribution in [0.2, 0.25) is 5.02 Å². The molecule has 4 rings (SSSR count). The van der Waals surface area contributed by atoms with E-state index in [4.69, 9.17) is 21.1 Å². The minimum absolute atomic E-state index is 0.221. The SMILES string of the molecule is COc1cc(/C=C(/C#N)c2nc3ccccc3[nH]2)ccc1OCC(=O)Nc1ccc(Br)c(Cl)c1. The van der Waals surface area contributed by atoms with Crippen LogP contribution in [0.3, 0.4) is 0 Å². The van der Waals surface area contributed by atoms with Crippen LogP contribution in [-0.4, -0.2) is 29.6 Å². The Kier molecular flexibility index (Phi) is 7.16. The van der Waals surface area contributed by atoms with Gasteiger partial charge in [0.15, 0.2) is 18.1 Å². The van der Waals surface area contributed by atoms with Gasteiger partial charge in [0.05, 0.1) is 28.7 Å². The maximum atomic E-state index is 12.3. The highest BCUT2D eigenvalue weighted by molar-refractivity contribution is 9.10. The molecule has 1 amide bonds. The number of methoxy groups -OCH3 is 1. The van der Waals surface area contributed by atoms with E-state index in [-0.39, 0.29) is 12.5 Å². The molecule has 1 heterocycles. The monoisotopic (exact) mass is 536 g/mol. The lowest BCUT2D eigenvalue weighted by Crippen LogP contribution is -2.20. The van der Waals surface area contributed by atoms with Crippen molar-refractivity contribution in [2.24, 2.45) is 0 Å². The number of imidazole rings is 1. The molecule has 4 aromatic rings. The molecule has 1 aromatic heterocycles. The molecule has 2 N–H and O–H groups in total. The molecule has 0 aliphatic rings. The van der Waals surface area contributed by atoms with Crippen LogP contribution < -0.4 is 14.8 Å². The fourth-order valence-electron chi connectivity index (χ4n) is 3.21. The van der Waals surface area contributed by atoms with Crippen molar-refractivity contribution in [2.75, 3.05) is 19.0 Å². The summed E-state index contributed by atoms with van der Waals surface area (Å²) in [6.45, 7) is -0.221. The first-order chi connectivity index (χ1) is 16.5. The molecule has 0 spiro atoms. The number of fused-ring (bicyclic) bond motifs is 1. The maximum Gasteiger partial charge on any atom is 0.262 e. The van der Waals surface area contributed by atoms with Crippen LogP contribution in [0.15, 0.2) is 65.1 Å². The average Bonchev–Trinajstić information content (AvgIpc) is 3.28. The van der Waals surface area contributed by atoms with Gasteiger partial charge in [0.1, 0.15) is 11.9 Å². The number of nitrogens with zero attached hydrogens (tertiary/aromatic N) is 2. The van der Waals surface area contributed by atoms with Crippen molar-refractivity contribution in [2.45, 2.75) is 0 Å². The highest BCUT2D eigenvalue weighted by atomic mass is 79.9. The number of halogens is 2. The highest BCUT2D eigenvalue weighted by Crippen LogP contribution is 2.30. The summed E-state index contributed by atoms with van der Waals surface area (Å²) in [5, 5.41) is 12.9. The summed E-state index contributed by atoms with van der Waals surface area (Å²) in [6.07, 6.45) is 1.70. The van der Waals surface area contributed by atoms with Crippen molar-refractivity contribution < 1.29 is 14.3 Å². The summed E-state index contributed by atoms with van der Waals surface area (Å²) in [5.41, 5.74) is 3.28. The Bertz CT molecular complexity index is 1410. The maximum absolute atomic E-state index is 12.3. The third kappa shape index (κ3) is 5.39. The van der Waals surface area contributed by atoms with Gasteiger partial charge in [-0.2, -0.15) is 5.26 Å². The number of aromatic nitrogens is 2. The third-order valence-corrected chi connectivity index (χ3v) is 6.06. The van der Waals surface area contributed by atoms with Gasteiger partial charge >= 0.3 is 0 Å². The minimum Gasteiger partial charge on any atom is -0.493 e. The smallest absolute Gasteiger partial charge is 0.262 e. The van der Waals surface area contributed by atoms with Gasteiger partial charge in [-0.15, -0.1) is 0 Å². The van der Waals surface area contributed by atoms with E-state index in [1.807, 2.05) is 24.3 Å². The topological polar surface area (TPSA) is 100 Å². The number of nitriles is 1. The molecule has 0 bridgehead atoms. The predicted octanol–water partition coefficient (Wildman–Crippen LogP) is 6.07. The van der Waals surface area contributed by atoms with Crippen LogP contribution in [0.4, 0.5) is 5.69 Å². The first-order valence-corrected chi connectivity index (χ1v) is 11.3. The standard InChI is InChI=1S/C25H18BrClN4O3/c1-33-23-11-15(10-16(13-28)25-30-20-4-2-3-5-21(20)31-25)6-9-22(23)34-14-24(32)29-17-7-8-18(26)19(27)12-17/h2-12H,14H2,1H3,(H,29,32)(H,30,31)/b16-10-. The number of rotatable bonds is 7. The first kappa shape index (κ1) is 23.4. The van der Waals surface area contributed by atoms with Crippen LogP contribution in [0.25, 0.3) is 22.7 Å². The lowest BCUT2D eigenvalue weighted by Gasteiger charge is -2.12. The molecule has 0 unspecified atom stereocenters. The van der Waals surface area contributed by atoms with Crippen LogP contribution >= 0.6 is 27.5 Å². The number of aromatic amines is 1. The van der Waals surface area contributed by atoms with Crippen molar-refractivity contribution in [1.82, 2.24) is 9.97 Å². The Morgan fingerprint density at radius 2 is 2.03 bits per heavy atom. The lowest BCUT2D eigenvalue weighted by atomic mass is 10.1. The zero-order valence-corrected chi connectivity index (χ0v) is 20.3. The van der Waals surface area contributed by atoms with E-state index in [2.05, 4.69) is 37.3 Å². The van der Waals surface area contributed by atoms with E-state index in [1.165, 1.54) is 7.11 Å². The van der Waals surface area contributed by atoms with Crippen molar-refractivity contribution >= 4 is 61.8 Å². The zero-order chi connectivity index (χ0) is 24.1. The third-order valence-electron chi connectivity index (χ3n) is 4.83. The fourth-order valence-corrected chi connectivity index (χ4v) is 3.64. The quantitative estimate of drug-likeness (QED) is 0.279. The van der Waals surface area contributed by atoms with E-state index >= 15 is 0 Å². The number of anilines is 1. The number of nitrogens with one attached hydrogen (secondary N) is 2. The second kappa shape index (κ2) is 10.4. The number of para-hydroxylation sites is 2. The second-order valence-corrected chi connectivity index (χ2v) is 8.41. The van der Waals surface area contributed by atoms with Gasteiger partial charge in [0, 0.05) is 10.2 Å². The Hall–Kier alpha value is -3.80. The van der Waals surface area contributed by atoms with Gasteiger partial charge in [-0.25, -0.2) is 4.98 Å². The summed E-state index contributed by atoms with van der Waals surface area (Å²) in [7, 11) is 1.50. The first-order valence-electron chi connectivity index (χ1n) is 10.1. The summed E-state index contributed by atoms with van der Waals surface area (Å²) >= 11 is 9.36. The molecular formula is C25H18BrClN4O3. The van der Waals surface area contributed by atoms with Crippen molar-refractivity contribution in [3.05, 3.63) is 81.5 Å². The van der Waals surface area contributed by atoms with E-state index in [0.717, 1.165) is 21.1 Å². The Balaban J connectivity index is 1.47. The molecule has 0 saturated heterocycles. The zero-order valence-electron chi connectivity index (χ0n) is 17.9. The highest BCUT2D eigenvalue weighted by Gasteiger charge is 2.12. The summed E-state index contributed by atoms with van der Waals surface area (Å²) in [5.74, 6) is 0.954. The van der Waals surface area contributed by atoms with Crippen molar-refractivity contribution in [3.63, 3.8) is 0 Å². The molecule has 0 aliphatic heterocycles.